The summed E-state index contributed by atoms with van der Waals surface area (Å²) in [6.07, 6.45) is 8.94. The maximum atomic E-state index is 10.7. The van der Waals surface area contributed by atoms with Crippen LogP contribution in [0.4, 0.5) is 0 Å². The predicted octanol–water partition coefficient (Wildman–Crippen LogP) is 4.17. The van der Waals surface area contributed by atoms with Crippen LogP contribution in [0.3, 0.4) is 0 Å². The Labute approximate surface area is 123 Å². The summed E-state index contributed by atoms with van der Waals surface area (Å²) in [5.74, 6) is 0. The molecule has 0 rings (SSSR count). The molecule has 0 amide bonds. The molecule has 0 saturated heterocycles. The SMILES string of the molecule is C=C=C/C=C(\C=C/C)C(=C)/C(=C(/C)N)C(C)(O)CCC. The van der Waals surface area contributed by atoms with Crippen LogP contribution in [0.2, 0.25) is 0 Å². The van der Waals surface area contributed by atoms with Crippen LogP contribution in [-0.2, 0) is 0 Å². The third kappa shape index (κ3) is 5.08. The lowest BCUT2D eigenvalue weighted by atomic mass is 9.82. The molecule has 2 nitrogen and oxygen atoms in total. The largest absolute Gasteiger partial charge is 0.402 e. The molecular formula is C18H27NO. The summed E-state index contributed by atoms with van der Waals surface area (Å²) < 4.78 is 0. The molecule has 0 aromatic carbocycles. The molecule has 3 N–H and O–H groups in total. The Morgan fingerprint density at radius 3 is 2.45 bits per heavy atom. The van der Waals surface area contributed by atoms with Crippen LogP contribution in [0.1, 0.15) is 40.5 Å². The summed E-state index contributed by atoms with van der Waals surface area (Å²) in [7, 11) is 0. The maximum Gasteiger partial charge on any atom is 0.0890 e. The molecule has 0 fully saturated rings. The minimum Gasteiger partial charge on any atom is -0.402 e. The summed E-state index contributed by atoms with van der Waals surface area (Å²) in [5, 5.41) is 10.7. The fraction of sp³-hybridized carbons (Fsp3) is 0.389. The lowest BCUT2D eigenvalue weighted by Gasteiger charge is -2.29. The van der Waals surface area contributed by atoms with Gasteiger partial charge in [-0.25, -0.2) is 0 Å². The van der Waals surface area contributed by atoms with Gasteiger partial charge in [-0.2, -0.15) is 0 Å². The van der Waals surface area contributed by atoms with E-state index in [1.807, 2.05) is 32.1 Å². The molecular weight excluding hydrogens is 246 g/mol. The van der Waals surface area contributed by atoms with Crippen molar-refractivity contribution in [2.45, 2.75) is 46.1 Å². The third-order valence-corrected chi connectivity index (χ3v) is 3.05. The molecule has 20 heavy (non-hydrogen) atoms. The molecule has 0 aromatic heterocycles. The number of hydrogen-bond donors (Lipinski definition) is 2. The fourth-order valence-corrected chi connectivity index (χ4v) is 2.33. The van der Waals surface area contributed by atoms with Gasteiger partial charge in [-0.3, -0.25) is 0 Å². The van der Waals surface area contributed by atoms with Gasteiger partial charge in [0.05, 0.1) is 5.60 Å². The van der Waals surface area contributed by atoms with E-state index in [0.29, 0.717) is 17.7 Å². The molecule has 0 bridgehead atoms. The zero-order valence-electron chi connectivity index (χ0n) is 13.2. The van der Waals surface area contributed by atoms with Gasteiger partial charge in [0, 0.05) is 11.3 Å². The summed E-state index contributed by atoms with van der Waals surface area (Å²) in [6, 6.07) is 0. The lowest BCUT2D eigenvalue weighted by molar-refractivity contribution is 0.0897. The average Bonchev–Trinajstić information content (AvgIpc) is 2.33. The van der Waals surface area contributed by atoms with Crippen LogP contribution < -0.4 is 5.73 Å². The van der Waals surface area contributed by atoms with Crippen molar-refractivity contribution in [3.05, 3.63) is 65.6 Å². The van der Waals surface area contributed by atoms with E-state index in [2.05, 4.69) is 18.9 Å². The first-order chi connectivity index (χ1) is 9.31. The third-order valence-electron chi connectivity index (χ3n) is 3.05. The number of aliphatic hydroxyl groups is 1. The van der Waals surface area contributed by atoms with Gasteiger partial charge in [-0.05, 0) is 50.5 Å². The van der Waals surface area contributed by atoms with Crippen molar-refractivity contribution in [1.29, 1.82) is 0 Å². The van der Waals surface area contributed by atoms with E-state index in [0.717, 1.165) is 17.6 Å². The smallest absolute Gasteiger partial charge is 0.0890 e. The Hall–Kier alpha value is -1.76. The highest BCUT2D eigenvalue weighted by atomic mass is 16.3. The number of rotatable bonds is 7. The first-order valence-electron chi connectivity index (χ1n) is 6.89. The lowest BCUT2D eigenvalue weighted by Crippen LogP contribution is -2.30. The first-order valence-corrected chi connectivity index (χ1v) is 6.89. The van der Waals surface area contributed by atoms with Crippen LogP contribution in [-0.4, -0.2) is 10.7 Å². The molecule has 0 saturated carbocycles. The van der Waals surface area contributed by atoms with Gasteiger partial charge in [0.25, 0.3) is 0 Å². The van der Waals surface area contributed by atoms with Crippen molar-refractivity contribution in [3.8, 4) is 0 Å². The number of hydrogen-bond acceptors (Lipinski definition) is 2. The molecule has 1 unspecified atom stereocenters. The minimum atomic E-state index is -0.983. The monoisotopic (exact) mass is 273 g/mol. The second kappa shape index (κ2) is 8.42. The highest BCUT2D eigenvalue weighted by Gasteiger charge is 2.28. The van der Waals surface area contributed by atoms with E-state index >= 15 is 0 Å². The summed E-state index contributed by atoms with van der Waals surface area (Å²) in [6.45, 7) is 15.2. The topological polar surface area (TPSA) is 46.2 Å². The molecule has 0 heterocycles. The van der Waals surface area contributed by atoms with E-state index in [1.54, 1.807) is 19.9 Å². The maximum absolute atomic E-state index is 10.7. The van der Waals surface area contributed by atoms with Gasteiger partial charge in [0.1, 0.15) is 0 Å². The average molecular weight is 273 g/mol. The zero-order valence-corrected chi connectivity index (χ0v) is 13.2. The molecule has 1 atom stereocenters. The van der Waals surface area contributed by atoms with Crippen molar-refractivity contribution in [1.82, 2.24) is 0 Å². The standard InChI is InChI=1S/C18H27NO/c1-7-10-12-16(11-8-2)14(4)17(15(5)19)18(6,20)13-9-3/h8,10-12,20H,1,4,9,13,19H2,2-3,5-6H3/b11-8-,16-12+,17-15+. The van der Waals surface area contributed by atoms with Crippen molar-refractivity contribution < 1.29 is 5.11 Å². The molecule has 0 aromatic rings. The van der Waals surface area contributed by atoms with Crippen LogP contribution in [0.15, 0.2) is 65.6 Å². The Balaban J connectivity index is 5.80. The predicted molar refractivity (Wildman–Crippen MR) is 88.2 cm³/mol. The second-order valence-electron chi connectivity index (χ2n) is 5.05. The summed E-state index contributed by atoms with van der Waals surface area (Å²) in [5.41, 5.74) is 10.6. The second-order valence-corrected chi connectivity index (χ2v) is 5.05. The molecule has 2 heteroatoms. The van der Waals surface area contributed by atoms with Crippen molar-refractivity contribution in [2.24, 2.45) is 5.73 Å². The zero-order chi connectivity index (χ0) is 15.8. The van der Waals surface area contributed by atoms with E-state index < -0.39 is 5.60 Å². The molecule has 0 aliphatic heterocycles. The Kier molecular flexibility index (Phi) is 7.68. The van der Waals surface area contributed by atoms with Gasteiger partial charge in [-0.15, -0.1) is 5.73 Å². The number of nitrogens with two attached hydrogens (primary N) is 1. The first kappa shape index (κ1) is 18.2. The Morgan fingerprint density at radius 2 is 2.05 bits per heavy atom. The summed E-state index contributed by atoms with van der Waals surface area (Å²) >= 11 is 0. The fourth-order valence-electron chi connectivity index (χ4n) is 2.33. The summed E-state index contributed by atoms with van der Waals surface area (Å²) in [4.78, 5) is 0. The van der Waals surface area contributed by atoms with Crippen molar-refractivity contribution >= 4 is 0 Å². The quantitative estimate of drug-likeness (QED) is 0.540. The van der Waals surface area contributed by atoms with Crippen LogP contribution in [0, 0.1) is 0 Å². The van der Waals surface area contributed by atoms with E-state index in [1.165, 1.54) is 0 Å². The number of allylic oxidation sites excluding steroid dienone is 6. The van der Waals surface area contributed by atoms with Gasteiger partial charge in [0.2, 0.25) is 0 Å². The van der Waals surface area contributed by atoms with Gasteiger partial charge < -0.3 is 10.8 Å². The van der Waals surface area contributed by atoms with E-state index in [9.17, 15) is 5.11 Å². The Bertz CT molecular complexity index is 480. The Morgan fingerprint density at radius 1 is 1.45 bits per heavy atom. The molecule has 0 radical (unpaired) electrons. The van der Waals surface area contributed by atoms with Gasteiger partial charge >= 0.3 is 0 Å². The highest BCUT2D eigenvalue weighted by Crippen LogP contribution is 2.33. The van der Waals surface area contributed by atoms with Crippen molar-refractivity contribution in [3.63, 3.8) is 0 Å². The van der Waals surface area contributed by atoms with Crippen LogP contribution >= 0.6 is 0 Å². The minimum absolute atomic E-state index is 0.589. The highest BCUT2D eigenvalue weighted by molar-refractivity contribution is 5.55. The normalized spacial score (nSPS) is 16.4. The van der Waals surface area contributed by atoms with Gasteiger partial charge in [-0.1, -0.05) is 38.7 Å². The van der Waals surface area contributed by atoms with E-state index in [-0.39, 0.29) is 0 Å². The molecule has 0 aliphatic carbocycles. The molecule has 110 valence electrons. The van der Waals surface area contributed by atoms with Crippen molar-refractivity contribution in [2.75, 3.05) is 0 Å². The molecule has 0 aliphatic rings. The molecule has 0 spiro atoms. The van der Waals surface area contributed by atoms with E-state index in [4.69, 9.17) is 5.73 Å². The van der Waals surface area contributed by atoms with Gasteiger partial charge in [0.15, 0.2) is 0 Å². The van der Waals surface area contributed by atoms with Crippen LogP contribution in [0.25, 0.3) is 0 Å². The van der Waals surface area contributed by atoms with Crippen LogP contribution in [0.5, 0.6) is 0 Å².